The highest BCUT2D eigenvalue weighted by atomic mass is 16.3. The minimum absolute atomic E-state index is 0.190. The van der Waals surface area contributed by atoms with E-state index in [9.17, 15) is 0 Å². The van der Waals surface area contributed by atoms with Gasteiger partial charge >= 0.3 is 0 Å². The maximum atomic E-state index is 9.05. The molecule has 0 aliphatic rings. The summed E-state index contributed by atoms with van der Waals surface area (Å²) in [7, 11) is 0. The molecule has 0 bridgehead atoms. The normalized spacial score (nSPS) is 13.5. The Bertz CT molecular complexity index is 219. The number of H-pyrrole nitrogens is 1. The van der Waals surface area contributed by atoms with E-state index in [4.69, 9.17) is 5.11 Å². The average Bonchev–Trinajstić information content (AvgIpc) is 2.57. The number of aromatic nitrogens is 1. The summed E-state index contributed by atoms with van der Waals surface area (Å²) < 4.78 is 0. The molecule has 0 aliphatic carbocycles. The molecular weight excluding hydrogens is 164 g/mol. The largest absolute Gasteiger partial charge is 0.395 e. The van der Waals surface area contributed by atoms with Crippen LogP contribution in [0.1, 0.15) is 19.4 Å². The molecule has 74 valence electrons. The Balaban J connectivity index is 2.32. The molecule has 0 aromatic carbocycles. The molecule has 1 unspecified atom stereocenters. The smallest absolute Gasteiger partial charge is 0.0587 e. The van der Waals surface area contributed by atoms with Crippen LogP contribution in [0.15, 0.2) is 18.5 Å². The van der Waals surface area contributed by atoms with E-state index in [2.05, 4.69) is 24.1 Å². The van der Waals surface area contributed by atoms with Crippen LogP contribution in [-0.4, -0.2) is 22.7 Å². The molecule has 0 saturated carbocycles. The van der Waals surface area contributed by atoms with Crippen molar-refractivity contribution in [2.75, 3.05) is 6.61 Å². The van der Waals surface area contributed by atoms with E-state index in [1.54, 1.807) is 0 Å². The van der Waals surface area contributed by atoms with Crippen molar-refractivity contribution in [3.8, 4) is 0 Å². The van der Waals surface area contributed by atoms with Gasteiger partial charge < -0.3 is 15.4 Å². The van der Waals surface area contributed by atoms with Crippen LogP contribution in [-0.2, 0) is 6.54 Å². The second-order valence-corrected chi connectivity index (χ2v) is 3.63. The van der Waals surface area contributed by atoms with Gasteiger partial charge in [-0.05, 0) is 17.5 Å². The van der Waals surface area contributed by atoms with Gasteiger partial charge in [-0.2, -0.15) is 0 Å². The molecule has 13 heavy (non-hydrogen) atoms. The van der Waals surface area contributed by atoms with Crippen LogP contribution in [0.25, 0.3) is 0 Å². The summed E-state index contributed by atoms with van der Waals surface area (Å²) in [5.41, 5.74) is 1.22. The van der Waals surface area contributed by atoms with Gasteiger partial charge in [0.1, 0.15) is 0 Å². The number of hydrogen-bond donors (Lipinski definition) is 3. The second-order valence-electron chi connectivity index (χ2n) is 3.63. The lowest BCUT2D eigenvalue weighted by Crippen LogP contribution is -2.36. The first kappa shape index (κ1) is 10.3. The third kappa shape index (κ3) is 3.20. The van der Waals surface area contributed by atoms with Gasteiger partial charge in [-0.15, -0.1) is 0 Å². The van der Waals surface area contributed by atoms with E-state index >= 15 is 0 Å². The standard InChI is InChI=1S/C10H18N2O/c1-8(2)10(7-13)12-6-9-3-4-11-5-9/h3-5,8,10-13H,6-7H2,1-2H3. The number of hydrogen-bond acceptors (Lipinski definition) is 2. The van der Waals surface area contributed by atoms with Crippen molar-refractivity contribution < 1.29 is 5.11 Å². The Morgan fingerprint density at radius 3 is 2.77 bits per heavy atom. The summed E-state index contributed by atoms with van der Waals surface area (Å²) >= 11 is 0. The Morgan fingerprint density at radius 1 is 1.54 bits per heavy atom. The maximum Gasteiger partial charge on any atom is 0.0587 e. The lowest BCUT2D eigenvalue weighted by molar-refractivity contribution is 0.210. The van der Waals surface area contributed by atoms with Crippen molar-refractivity contribution >= 4 is 0 Å². The fourth-order valence-corrected chi connectivity index (χ4v) is 1.23. The molecular formula is C10H18N2O. The van der Waals surface area contributed by atoms with Crippen LogP contribution in [0.5, 0.6) is 0 Å². The van der Waals surface area contributed by atoms with Crippen molar-refractivity contribution in [2.45, 2.75) is 26.4 Å². The highest BCUT2D eigenvalue weighted by Gasteiger charge is 2.10. The van der Waals surface area contributed by atoms with Crippen molar-refractivity contribution in [1.29, 1.82) is 0 Å². The van der Waals surface area contributed by atoms with Gasteiger partial charge in [-0.3, -0.25) is 0 Å². The third-order valence-electron chi connectivity index (χ3n) is 2.23. The van der Waals surface area contributed by atoms with Crippen LogP contribution in [0.4, 0.5) is 0 Å². The molecule has 0 amide bonds. The van der Waals surface area contributed by atoms with Crippen molar-refractivity contribution in [2.24, 2.45) is 5.92 Å². The fraction of sp³-hybridized carbons (Fsp3) is 0.600. The Kier molecular flexibility index (Phi) is 3.99. The predicted molar refractivity (Wildman–Crippen MR) is 53.3 cm³/mol. The van der Waals surface area contributed by atoms with E-state index in [0.29, 0.717) is 5.92 Å². The van der Waals surface area contributed by atoms with Gasteiger partial charge in [0.15, 0.2) is 0 Å². The van der Waals surface area contributed by atoms with Gasteiger partial charge in [-0.25, -0.2) is 0 Å². The Morgan fingerprint density at radius 2 is 2.31 bits per heavy atom. The van der Waals surface area contributed by atoms with Crippen LogP contribution in [0.2, 0.25) is 0 Å². The van der Waals surface area contributed by atoms with Gasteiger partial charge in [0, 0.05) is 25.0 Å². The van der Waals surface area contributed by atoms with Crippen LogP contribution < -0.4 is 5.32 Å². The third-order valence-corrected chi connectivity index (χ3v) is 2.23. The minimum Gasteiger partial charge on any atom is -0.395 e. The van der Waals surface area contributed by atoms with Gasteiger partial charge in [0.2, 0.25) is 0 Å². The minimum atomic E-state index is 0.190. The van der Waals surface area contributed by atoms with E-state index in [-0.39, 0.29) is 12.6 Å². The second kappa shape index (κ2) is 5.04. The molecule has 3 N–H and O–H groups in total. The monoisotopic (exact) mass is 182 g/mol. The Hall–Kier alpha value is -0.800. The summed E-state index contributed by atoms with van der Waals surface area (Å²) in [5.74, 6) is 0.462. The topological polar surface area (TPSA) is 48.0 Å². The molecule has 0 saturated heterocycles. The number of nitrogens with one attached hydrogen (secondary N) is 2. The molecule has 0 aliphatic heterocycles. The summed E-state index contributed by atoms with van der Waals surface area (Å²) in [6.07, 6.45) is 3.86. The summed E-state index contributed by atoms with van der Waals surface area (Å²) in [6.45, 7) is 5.21. The zero-order valence-electron chi connectivity index (χ0n) is 8.25. The van der Waals surface area contributed by atoms with Crippen LogP contribution in [0.3, 0.4) is 0 Å². The fourth-order valence-electron chi connectivity index (χ4n) is 1.23. The molecule has 0 radical (unpaired) electrons. The quantitative estimate of drug-likeness (QED) is 0.639. The predicted octanol–water partition coefficient (Wildman–Crippen LogP) is 1.12. The zero-order chi connectivity index (χ0) is 9.68. The Labute approximate surface area is 79.2 Å². The zero-order valence-corrected chi connectivity index (χ0v) is 8.25. The summed E-state index contributed by atoms with van der Waals surface area (Å²) in [6, 6.07) is 2.22. The van der Waals surface area contributed by atoms with Crippen molar-refractivity contribution in [1.82, 2.24) is 10.3 Å². The van der Waals surface area contributed by atoms with E-state index in [1.165, 1.54) is 5.56 Å². The molecule has 3 heteroatoms. The first-order chi connectivity index (χ1) is 6.24. The van der Waals surface area contributed by atoms with Crippen LogP contribution >= 0.6 is 0 Å². The molecule has 3 nitrogen and oxygen atoms in total. The van der Waals surface area contributed by atoms with E-state index < -0.39 is 0 Å². The number of aliphatic hydroxyl groups excluding tert-OH is 1. The first-order valence-electron chi connectivity index (χ1n) is 4.70. The SMILES string of the molecule is CC(C)C(CO)NCc1cc[nH]c1. The lowest BCUT2D eigenvalue weighted by atomic mass is 10.1. The highest BCUT2D eigenvalue weighted by Crippen LogP contribution is 2.02. The van der Waals surface area contributed by atoms with E-state index in [0.717, 1.165) is 6.54 Å². The molecule has 1 heterocycles. The van der Waals surface area contributed by atoms with Crippen molar-refractivity contribution in [3.05, 3.63) is 24.0 Å². The molecule has 1 atom stereocenters. The van der Waals surface area contributed by atoms with Gasteiger partial charge in [0.25, 0.3) is 0 Å². The molecule has 0 spiro atoms. The molecule has 1 aromatic heterocycles. The van der Waals surface area contributed by atoms with Gasteiger partial charge in [-0.1, -0.05) is 13.8 Å². The summed E-state index contributed by atoms with van der Waals surface area (Å²) in [4.78, 5) is 3.00. The lowest BCUT2D eigenvalue weighted by Gasteiger charge is -2.19. The summed E-state index contributed by atoms with van der Waals surface area (Å²) in [5, 5.41) is 12.4. The number of rotatable bonds is 5. The van der Waals surface area contributed by atoms with Crippen molar-refractivity contribution in [3.63, 3.8) is 0 Å². The van der Waals surface area contributed by atoms with Gasteiger partial charge in [0.05, 0.1) is 6.61 Å². The van der Waals surface area contributed by atoms with Crippen LogP contribution in [0, 0.1) is 5.92 Å². The molecule has 1 rings (SSSR count). The molecule has 1 aromatic rings. The average molecular weight is 182 g/mol. The first-order valence-corrected chi connectivity index (χ1v) is 4.70. The molecule has 0 fully saturated rings. The number of aliphatic hydroxyl groups is 1. The maximum absolute atomic E-state index is 9.05. The number of aromatic amines is 1. The van der Waals surface area contributed by atoms with E-state index in [1.807, 2.05) is 18.5 Å². The highest BCUT2D eigenvalue weighted by molar-refractivity contribution is 5.07.